The number of hydrogen-bond donors (Lipinski definition) is 0. The second-order valence-electron chi connectivity index (χ2n) is 7.45. The summed E-state index contributed by atoms with van der Waals surface area (Å²) in [5.74, 6) is 1.10. The van der Waals surface area contributed by atoms with Gasteiger partial charge in [0.05, 0.1) is 12.5 Å². The summed E-state index contributed by atoms with van der Waals surface area (Å²) in [5, 5.41) is 2.34. The second-order valence-corrected chi connectivity index (χ2v) is 9.56. The van der Waals surface area contributed by atoms with Crippen molar-refractivity contribution in [3.8, 4) is 0 Å². The minimum absolute atomic E-state index is 0.0748. The van der Waals surface area contributed by atoms with Crippen LogP contribution in [-0.4, -0.2) is 0 Å². The molecule has 1 atom stereocenters. The van der Waals surface area contributed by atoms with Crippen LogP contribution in [0.4, 0.5) is 0 Å². The smallest absolute Gasteiger partial charge is 0.0937 e. The third kappa shape index (κ3) is 3.52. The Morgan fingerprint density at radius 1 is 1.12 bits per heavy atom. The van der Waals surface area contributed by atoms with Gasteiger partial charge in [0, 0.05) is 20.0 Å². The van der Waals surface area contributed by atoms with Crippen molar-refractivity contribution < 1.29 is 4.42 Å². The van der Waals surface area contributed by atoms with Crippen LogP contribution >= 0.6 is 22.7 Å². The largest absolute Gasteiger partial charge is 0.472 e. The van der Waals surface area contributed by atoms with Gasteiger partial charge in [-0.2, -0.15) is 0 Å². The van der Waals surface area contributed by atoms with Gasteiger partial charge in [0.1, 0.15) is 0 Å². The number of furan rings is 1. The van der Waals surface area contributed by atoms with Crippen LogP contribution in [0, 0.1) is 0 Å². The molecule has 24 heavy (non-hydrogen) atoms. The first-order valence-corrected chi connectivity index (χ1v) is 10.3. The molecule has 0 aromatic carbocycles. The fraction of sp³-hybridized carbons (Fsp3) is 0.429. The van der Waals surface area contributed by atoms with Gasteiger partial charge in [0.25, 0.3) is 0 Å². The molecule has 0 N–H and O–H groups in total. The average Bonchev–Trinajstić information content (AvgIpc) is 3.28. The van der Waals surface area contributed by atoms with Gasteiger partial charge in [-0.25, -0.2) is 0 Å². The SMILES string of the molecule is CC(C)c1ccc(C(C)(C)c2csc(CC(C)c3ccoc3)c2)s1. The van der Waals surface area contributed by atoms with Crippen molar-refractivity contribution >= 4 is 22.7 Å². The third-order valence-corrected chi connectivity index (χ3v) is 7.48. The van der Waals surface area contributed by atoms with E-state index in [0.717, 1.165) is 6.42 Å². The molecule has 0 radical (unpaired) electrons. The summed E-state index contributed by atoms with van der Waals surface area (Å²) in [4.78, 5) is 4.38. The molecule has 0 bridgehead atoms. The Balaban J connectivity index is 1.78. The zero-order valence-electron chi connectivity index (χ0n) is 15.1. The normalized spacial score (nSPS) is 13.6. The topological polar surface area (TPSA) is 13.1 Å². The Bertz CT molecular complexity index is 774. The number of rotatable bonds is 6. The van der Waals surface area contributed by atoms with Crippen molar-refractivity contribution in [1.29, 1.82) is 0 Å². The van der Waals surface area contributed by atoms with Gasteiger partial charge in [-0.3, -0.25) is 0 Å². The molecular weight excluding hydrogens is 332 g/mol. The van der Waals surface area contributed by atoms with Crippen LogP contribution in [0.3, 0.4) is 0 Å². The quantitative estimate of drug-likeness (QED) is 0.454. The minimum atomic E-state index is 0.0748. The van der Waals surface area contributed by atoms with E-state index < -0.39 is 0 Å². The summed E-state index contributed by atoms with van der Waals surface area (Å²) < 4.78 is 5.22. The fourth-order valence-corrected chi connectivity index (χ4v) is 5.25. The summed E-state index contributed by atoms with van der Waals surface area (Å²) in [7, 11) is 0. The molecule has 3 heteroatoms. The zero-order chi connectivity index (χ0) is 17.3. The van der Waals surface area contributed by atoms with E-state index in [4.69, 9.17) is 4.42 Å². The molecule has 1 nitrogen and oxygen atoms in total. The van der Waals surface area contributed by atoms with Gasteiger partial charge >= 0.3 is 0 Å². The lowest BCUT2D eigenvalue weighted by atomic mass is 9.84. The molecule has 0 fully saturated rings. The van der Waals surface area contributed by atoms with E-state index in [1.54, 1.807) is 6.26 Å². The molecule has 0 aliphatic carbocycles. The summed E-state index contributed by atoms with van der Waals surface area (Å²) in [5.41, 5.74) is 2.79. The van der Waals surface area contributed by atoms with Crippen LogP contribution in [0.15, 0.2) is 46.6 Å². The van der Waals surface area contributed by atoms with E-state index in [1.165, 1.54) is 25.8 Å². The highest BCUT2D eigenvalue weighted by atomic mass is 32.1. The van der Waals surface area contributed by atoms with Crippen LogP contribution in [0.1, 0.15) is 72.2 Å². The van der Waals surface area contributed by atoms with Gasteiger partial charge in [-0.15, -0.1) is 22.7 Å². The van der Waals surface area contributed by atoms with Crippen LogP contribution < -0.4 is 0 Å². The van der Waals surface area contributed by atoms with E-state index in [0.29, 0.717) is 11.8 Å². The number of hydrogen-bond acceptors (Lipinski definition) is 3. The zero-order valence-corrected chi connectivity index (χ0v) is 16.8. The lowest BCUT2D eigenvalue weighted by Gasteiger charge is -2.22. The van der Waals surface area contributed by atoms with E-state index in [9.17, 15) is 0 Å². The summed E-state index contributed by atoms with van der Waals surface area (Å²) >= 11 is 3.84. The average molecular weight is 359 g/mol. The van der Waals surface area contributed by atoms with Crippen molar-refractivity contribution in [1.82, 2.24) is 0 Å². The van der Waals surface area contributed by atoms with Crippen LogP contribution in [-0.2, 0) is 11.8 Å². The van der Waals surface area contributed by atoms with Crippen molar-refractivity contribution in [3.63, 3.8) is 0 Å². The van der Waals surface area contributed by atoms with Gasteiger partial charge < -0.3 is 4.42 Å². The van der Waals surface area contributed by atoms with Crippen LogP contribution in [0.25, 0.3) is 0 Å². The summed E-state index contributed by atoms with van der Waals surface area (Å²) in [6, 6.07) is 9.07. The molecule has 0 saturated carbocycles. The summed E-state index contributed by atoms with van der Waals surface area (Å²) in [6.45, 7) is 11.5. The monoisotopic (exact) mass is 358 g/mol. The lowest BCUT2D eigenvalue weighted by Crippen LogP contribution is -2.16. The molecule has 0 spiro atoms. The maximum Gasteiger partial charge on any atom is 0.0937 e. The Hall–Kier alpha value is -1.32. The van der Waals surface area contributed by atoms with Crippen molar-refractivity contribution in [2.24, 2.45) is 0 Å². The Morgan fingerprint density at radius 2 is 1.92 bits per heavy atom. The third-order valence-electron chi connectivity index (χ3n) is 4.81. The maximum atomic E-state index is 5.22. The molecule has 1 unspecified atom stereocenters. The first-order valence-electron chi connectivity index (χ1n) is 8.58. The van der Waals surface area contributed by atoms with Crippen molar-refractivity contribution in [2.75, 3.05) is 0 Å². The second kappa shape index (κ2) is 6.89. The lowest BCUT2D eigenvalue weighted by molar-refractivity contribution is 0.560. The van der Waals surface area contributed by atoms with Crippen molar-refractivity contribution in [3.05, 3.63) is 67.9 Å². The van der Waals surface area contributed by atoms with Gasteiger partial charge in [0.15, 0.2) is 0 Å². The Kier molecular flexibility index (Phi) is 5.03. The molecule has 128 valence electrons. The molecule has 0 amide bonds. The van der Waals surface area contributed by atoms with E-state index >= 15 is 0 Å². The van der Waals surface area contributed by atoms with Crippen LogP contribution in [0.5, 0.6) is 0 Å². The molecular formula is C21H26OS2. The Labute approximate surface area is 153 Å². The van der Waals surface area contributed by atoms with E-state index in [-0.39, 0.29) is 5.41 Å². The summed E-state index contributed by atoms with van der Waals surface area (Å²) in [6.07, 6.45) is 4.70. The predicted octanol–water partition coefficient (Wildman–Crippen LogP) is 7.20. The molecule has 0 saturated heterocycles. The molecule has 3 aromatic rings. The number of thiophene rings is 2. The highest BCUT2D eigenvalue weighted by molar-refractivity contribution is 7.12. The first-order chi connectivity index (χ1) is 11.4. The maximum absolute atomic E-state index is 5.22. The minimum Gasteiger partial charge on any atom is -0.472 e. The molecule has 0 aliphatic heterocycles. The van der Waals surface area contributed by atoms with Crippen molar-refractivity contribution in [2.45, 2.75) is 58.3 Å². The molecule has 3 heterocycles. The fourth-order valence-electron chi connectivity index (χ4n) is 2.93. The molecule has 3 rings (SSSR count). The van der Waals surface area contributed by atoms with Gasteiger partial charge in [-0.05, 0) is 59.0 Å². The van der Waals surface area contributed by atoms with Gasteiger partial charge in [0.2, 0.25) is 0 Å². The van der Waals surface area contributed by atoms with E-state index in [1.807, 2.05) is 28.9 Å². The first kappa shape index (κ1) is 17.5. The van der Waals surface area contributed by atoms with Crippen LogP contribution in [0.2, 0.25) is 0 Å². The molecule has 3 aromatic heterocycles. The highest BCUT2D eigenvalue weighted by Gasteiger charge is 2.26. The van der Waals surface area contributed by atoms with Gasteiger partial charge in [-0.1, -0.05) is 34.6 Å². The molecule has 0 aliphatic rings. The predicted molar refractivity (Wildman–Crippen MR) is 106 cm³/mol. The highest BCUT2D eigenvalue weighted by Crippen LogP contribution is 2.40. The standard InChI is InChI=1S/C21H26OS2/c1-14(2)19-6-7-20(24-19)21(4,5)17-11-18(23-13-17)10-15(3)16-8-9-22-12-16/h6-9,11-15H,10H2,1-5H3. The Morgan fingerprint density at radius 3 is 2.54 bits per heavy atom. The van der Waals surface area contributed by atoms with E-state index in [2.05, 4.69) is 64.3 Å².